The molecule has 1 fully saturated rings. The van der Waals surface area contributed by atoms with Gasteiger partial charge >= 0.3 is 0 Å². The van der Waals surface area contributed by atoms with E-state index in [1.54, 1.807) is 49.4 Å². The lowest BCUT2D eigenvalue weighted by molar-refractivity contribution is -0.116. The maximum absolute atomic E-state index is 13.5. The van der Waals surface area contributed by atoms with Gasteiger partial charge in [0, 0.05) is 29.4 Å². The summed E-state index contributed by atoms with van der Waals surface area (Å²) in [6.45, 7) is 1.68. The number of sulfone groups is 1. The van der Waals surface area contributed by atoms with Gasteiger partial charge < -0.3 is 16.0 Å². The van der Waals surface area contributed by atoms with Gasteiger partial charge in [0.1, 0.15) is 23.8 Å². The Morgan fingerprint density at radius 1 is 0.969 bits per heavy atom. The summed E-state index contributed by atoms with van der Waals surface area (Å²) in [4.78, 5) is 20.9. The molecule has 10 heteroatoms. The summed E-state index contributed by atoms with van der Waals surface area (Å²) in [6.07, 6.45) is 3.14. The van der Waals surface area contributed by atoms with Crippen LogP contribution in [0.25, 0.3) is 0 Å². The average molecular weight is 456 g/mol. The fourth-order valence-electron chi connectivity index (χ4n) is 3.31. The fourth-order valence-corrected chi connectivity index (χ4v) is 4.54. The van der Waals surface area contributed by atoms with E-state index in [1.165, 1.54) is 12.4 Å². The Hall–Kier alpha value is -3.53. The molecule has 0 radical (unpaired) electrons. The Kier molecular flexibility index (Phi) is 5.55. The quantitative estimate of drug-likeness (QED) is 0.495. The highest BCUT2D eigenvalue weighted by Gasteiger charge is 2.58. The normalized spacial score (nSPS) is 14.5. The van der Waals surface area contributed by atoms with Crippen molar-refractivity contribution in [3.8, 4) is 0 Å². The van der Waals surface area contributed by atoms with Crippen LogP contribution in [0.3, 0.4) is 0 Å². The molecule has 166 valence electrons. The average Bonchev–Trinajstić information content (AvgIpc) is 3.54. The number of carbonyl (C=O) groups excluding carboxylic acids is 1. The van der Waals surface area contributed by atoms with E-state index in [-0.39, 0.29) is 5.82 Å². The van der Waals surface area contributed by atoms with Gasteiger partial charge in [-0.05, 0) is 61.7 Å². The van der Waals surface area contributed by atoms with Gasteiger partial charge in [0.2, 0.25) is 5.91 Å². The van der Waals surface area contributed by atoms with E-state index < -0.39 is 20.5 Å². The third-order valence-corrected chi connectivity index (χ3v) is 7.33. The molecule has 3 aromatic rings. The fraction of sp³-hybridized carbons (Fsp3) is 0.227. The molecule has 1 aliphatic rings. The number of nitrogens with zero attached hydrogens (tertiary/aromatic N) is 2. The lowest BCUT2D eigenvalue weighted by Gasteiger charge is -2.14. The van der Waals surface area contributed by atoms with Crippen LogP contribution in [0.1, 0.15) is 18.4 Å². The van der Waals surface area contributed by atoms with E-state index in [9.17, 15) is 17.6 Å². The van der Waals surface area contributed by atoms with Gasteiger partial charge in [-0.2, -0.15) is 0 Å². The molecule has 0 aliphatic heterocycles. The van der Waals surface area contributed by atoms with Gasteiger partial charge in [-0.3, -0.25) is 4.79 Å². The largest absolute Gasteiger partial charge is 0.340 e. The molecule has 8 nitrogen and oxygen atoms in total. The van der Waals surface area contributed by atoms with Gasteiger partial charge in [0.15, 0.2) is 14.6 Å². The Labute approximate surface area is 185 Å². The number of aromatic nitrogens is 2. The Bertz CT molecular complexity index is 1290. The van der Waals surface area contributed by atoms with Crippen molar-refractivity contribution in [2.45, 2.75) is 24.5 Å². The first kappa shape index (κ1) is 21.7. The number of hydrogen-bond acceptors (Lipinski definition) is 7. The highest BCUT2D eigenvalue weighted by molar-refractivity contribution is 7.93. The Balaban J connectivity index is 1.46. The van der Waals surface area contributed by atoms with Crippen molar-refractivity contribution in [3.05, 3.63) is 66.2 Å². The molecule has 1 heterocycles. The lowest BCUT2D eigenvalue weighted by atomic mass is 10.2. The molecule has 3 N–H and O–H groups in total. The zero-order valence-corrected chi connectivity index (χ0v) is 18.3. The third-order valence-electron chi connectivity index (χ3n) is 5.32. The van der Waals surface area contributed by atoms with Crippen molar-refractivity contribution in [3.63, 3.8) is 0 Å². The Morgan fingerprint density at radius 3 is 2.19 bits per heavy atom. The van der Waals surface area contributed by atoms with Crippen LogP contribution in [0.5, 0.6) is 0 Å². The smallest absolute Gasteiger partial charge is 0.245 e. The minimum absolute atomic E-state index is 0.281. The number of nitrogens with one attached hydrogen (secondary N) is 3. The first-order valence-corrected chi connectivity index (χ1v) is 11.8. The van der Waals surface area contributed by atoms with E-state index in [0.717, 1.165) is 6.26 Å². The van der Waals surface area contributed by atoms with Crippen LogP contribution in [-0.4, -0.2) is 35.3 Å². The summed E-state index contributed by atoms with van der Waals surface area (Å²) < 4.78 is 36.0. The van der Waals surface area contributed by atoms with Gasteiger partial charge in [-0.25, -0.2) is 22.8 Å². The molecule has 0 spiro atoms. The van der Waals surface area contributed by atoms with Crippen LogP contribution in [0.4, 0.5) is 33.1 Å². The molecule has 0 bridgehead atoms. The number of amides is 1. The predicted molar refractivity (Wildman–Crippen MR) is 122 cm³/mol. The summed E-state index contributed by atoms with van der Waals surface area (Å²) in [5.41, 5.74) is 2.33. The lowest BCUT2D eigenvalue weighted by Crippen LogP contribution is -2.36. The topological polar surface area (TPSA) is 113 Å². The molecule has 32 heavy (non-hydrogen) atoms. The number of benzene rings is 2. The van der Waals surface area contributed by atoms with Crippen molar-refractivity contribution < 1.29 is 17.6 Å². The van der Waals surface area contributed by atoms with Crippen molar-refractivity contribution in [1.82, 2.24) is 9.97 Å². The van der Waals surface area contributed by atoms with Crippen molar-refractivity contribution in [2.24, 2.45) is 0 Å². The van der Waals surface area contributed by atoms with Crippen molar-refractivity contribution >= 4 is 44.4 Å². The summed E-state index contributed by atoms with van der Waals surface area (Å²) in [5, 5.41) is 8.93. The number of hydrogen-bond donors (Lipinski definition) is 3. The zero-order chi connectivity index (χ0) is 22.9. The number of halogens is 1. The summed E-state index contributed by atoms with van der Waals surface area (Å²) in [6, 6.07) is 13.3. The van der Waals surface area contributed by atoms with Crippen LogP contribution in [0, 0.1) is 12.7 Å². The van der Waals surface area contributed by atoms with Gasteiger partial charge in [-0.15, -0.1) is 0 Å². The van der Waals surface area contributed by atoms with Gasteiger partial charge in [-0.1, -0.05) is 6.07 Å². The molecular weight excluding hydrogens is 433 g/mol. The first-order chi connectivity index (χ1) is 15.2. The standard InChI is InChI=1S/C22H22FN5O3S/c1-14-10-17(6-7-18(14)23)27-20-12-19(24-13-25-20)26-15-4-3-5-16(11-15)28-21(29)22(8-9-22)32(2,30)31/h3-7,10-13H,8-9H2,1-2H3,(H,28,29)(H2,24,25,26,27). The van der Waals surface area contributed by atoms with Crippen LogP contribution in [0.2, 0.25) is 0 Å². The van der Waals surface area contributed by atoms with Crippen LogP contribution < -0.4 is 16.0 Å². The van der Waals surface area contributed by atoms with E-state index in [4.69, 9.17) is 0 Å². The van der Waals surface area contributed by atoms with Gasteiger partial charge in [0.05, 0.1) is 0 Å². The highest BCUT2D eigenvalue weighted by atomic mass is 32.2. The molecule has 0 atom stereocenters. The minimum atomic E-state index is -3.48. The Morgan fingerprint density at radius 2 is 1.59 bits per heavy atom. The maximum Gasteiger partial charge on any atom is 0.245 e. The second-order valence-electron chi connectivity index (χ2n) is 7.80. The number of anilines is 5. The predicted octanol–water partition coefficient (Wildman–Crippen LogP) is 3.93. The number of rotatable bonds is 7. The van der Waals surface area contributed by atoms with Crippen LogP contribution in [-0.2, 0) is 14.6 Å². The molecule has 1 aromatic heterocycles. The summed E-state index contributed by atoms with van der Waals surface area (Å²) in [7, 11) is -3.48. The molecule has 1 aliphatic carbocycles. The molecule has 0 saturated heterocycles. The van der Waals surface area contributed by atoms with E-state index in [0.29, 0.717) is 47.1 Å². The van der Waals surface area contributed by atoms with E-state index in [2.05, 4.69) is 25.9 Å². The second-order valence-corrected chi connectivity index (χ2v) is 10.1. The first-order valence-electron chi connectivity index (χ1n) is 9.90. The van der Waals surface area contributed by atoms with E-state index >= 15 is 0 Å². The van der Waals surface area contributed by atoms with Crippen molar-refractivity contribution in [1.29, 1.82) is 0 Å². The SMILES string of the molecule is Cc1cc(Nc2cc(Nc3cccc(NC(=O)C4(S(C)(=O)=O)CC4)c3)ncn2)ccc1F. The molecule has 1 saturated carbocycles. The minimum Gasteiger partial charge on any atom is -0.340 e. The van der Waals surface area contributed by atoms with Gasteiger partial charge in [0.25, 0.3) is 0 Å². The monoisotopic (exact) mass is 455 g/mol. The van der Waals surface area contributed by atoms with Crippen LogP contribution >= 0.6 is 0 Å². The highest BCUT2D eigenvalue weighted by Crippen LogP contribution is 2.44. The van der Waals surface area contributed by atoms with Crippen LogP contribution in [0.15, 0.2) is 54.9 Å². The summed E-state index contributed by atoms with van der Waals surface area (Å²) in [5.74, 6) is 0.221. The molecule has 0 unspecified atom stereocenters. The molecular formula is C22H22FN5O3S. The number of carbonyl (C=O) groups is 1. The third kappa shape index (κ3) is 4.54. The maximum atomic E-state index is 13.5. The second kappa shape index (κ2) is 8.19. The van der Waals surface area contributed by atoms with E-state index in [1.807, 2.05) is 0 Å². The zero-order valence-electron chi connectivity index (χ0n) is 17.5. The summed E-state index contributed by atoms with van der Waals surface area (Å²) >= 11 is 0. The molecule has 2 aromatic carbocycles. The number of aryl methyl sites for hydroxylation is 1. The molecule has 4 rings (SSSR count). The molecule has 1 amide bonds. The van der Waals surface area contributed by atoms with Crippen molar-refractivity contribution in [2.75, 3.05) is 22.2 Å².